The Morgan fingerprint density at radius 3 is 2.46 bits per heavy atom. The molecule has 0 radical (unpaired) electrons. The van der Waals surface area contributed by atoms with Crippen LogP contribution in [0.3, 0.4) is 0 Å². The van der Waals surface area contributed by atoms with Crippen molar-refractivity contribution in [2.75, 3.05) is 26.0 Å². The van der Waals surface area contributed by atoms with Gasteiger partial charge in [-0.15, -0.1) is 0 Å². The van der Waals surface area contributed by atoms with Crippen molar-refractivity contribution in [3.8, 4) is 5.69 Å². The van der Waals surface area contributed by atoms with Gasteiger partial charge in [0.25, 0.3) is 5.91 Å². The maximum atomic E-state index is 12.9. The Morgan fingerprint density at radius 1 is 1.11 bits per heavy atom. The Hall–Kier alpha value is -3.45. The van der Waals surface area contributed by atoms with Crippen molar-refractivity contribution in [3.63, 3.8) is 0 Å². The Kier molecular flexibility index (Phi) is 4.67. The van der Waals surface area contributed by atoms with Crippen LogP contribution >= 0.6 is 0 Å². The second-order valence-corrected chi connectivity index (χ2v) is 6.56. The fourth-order valence-electron chi connectivity index (χ4n) is 3.20. The summed E-state index contributed by atoms with van der Waals surface area (Å²) in [6.45, 7) is 2.81. The topological polar surface area (TPSA) is 95.1 Å². The van der Waals surface area contributed by atoms with Crippen molar-refractivity contribution in [1.29, 1.82) is 0 Å². The quantitative estimate of drug-likeness (QED) is 0.523. The first-order chi connectivity index (χ1) is 13.6. The maximum Gasteiger partial charge on any atom is 0.257 e. The third-order valence-electron chi connectivity index (χ3n) is 4.61. The number of nitrogen functional groups attached to an aromatic ring is 1. The minimum Gasteiger partial charge on any atom is -0.384 e. The van der Waals surface area contributed by atoms with Gasteiger partial charge in [0.1, 0.15) is 16.9 Å². The number of hydrogen-bond acceptors (Lipinski definition) is 5. The zero-order valence-electron chi connectivity index (χ0n) is 15.8. The van der Waals surface area contributed by atoms with Crippen LogP contribution in [0.25, 0.3) is 27.9 Å². The molecule has 2 heterocycles. The number of anilines is 1. The largest absolute Gasteiger partial charge is 0.384 e. The van der Waals surface area contributed by atoms with Crippen LogP contribution in [0.1, 0.15) is 15.9 Å². The highest BCUT2D eigenvalue weighted by Crippen LogP contribution is 2.30. The lowest BCUT2D eigenvalue weighted by atomic mass is 10.2. The van der Waals surface area contributed by atoms with Gasteiger partial charge in [-0.3, -0.25) is 9.36 Å². The van der Waals surface area contributed by atoms with Crippen LogP contribution in [0.4, 0.5) is 5.82 Å². The number of methoxy groups -OCH3 is 1. The fourth-order valence-corrected chi connectivity index (χ4v) is 3.20. The molecule has 0 bridgehead atoms. The van der Waals surface area contributed by atoms with Gasteiger partial charge < -0.3 is 15.8 Å². The van der Waals surface area contributed by atoms with E-state index in [1.54, 1.807) is 11.7 Å². The third kappa shape index (κ3) is 3.05. The monoisotopic (exact) mass is 375 g/mol. The second-order valence-electron chi connectivity index (χ2n) is 6.56. The molecule has 0 atom stereocenters. The van der Waals surface area contributed by atoms with Gasteiger partial charge in [0.2, 0.25) is 0 Å². The number of hydrogen-bond donors (Lipinski definition) is 2. The number of nitrogens with two attached hydrogens (primary N) is 1. The number of aromatic nitrogens is 3. The first kappa shape index (κ1) is 17.9. The Labute approximate surface area is 162 Å². The molecule has 0 saturated heterocycles. The molecule has 28 heavy (non-hydrogen) atoms. The van der Waals surface area contributed by atoms with E-state index >= 15 is 0 Å². The van der Waals surface area contributed by atoms with Crippen LogP contribution in [0.2, 0.25) is 0 Å². The fraction of sp³-hybridized carbons (Fsp3) is 0.190. The van der Waals surface area contributed by atoms with Gasteiger partial charge in [0.15, 0.2) is 5.65 Å². The number of ether oxygens (including phenoxy) is 1. The highest BCUT2D eigenvalue weighted by molar-refractivity contribution is 6.11. The van der Waals surface area contributed by atoms with Crippen molar-refractivity contribution in [2.24, 2.45) is 0 Å². The Bertz CT molecular complexity index is 1170. The van der Waals surface area contributed by atoms with Crippen LogP contribution in [0.5, 0.6) is 0 Å². The molecule has 1 amide bonds. The van der Waals surface area contributed by atoms with Crippen molar-refractivity contribution in [3.05, 3.63) is 59.7 Å². The molecule has 4 rings (SSSR count). The lowest BCUT2D eigenvalue weighted by molar-refractivity contribution is 0.0939. The summed E-state index contributed by atoms with van der Waals surface area (Å²) < 4.78 is 6.79. The lowest BCUT2D eigenvalue weighted by Gasteiger charge is -2.08. The summed E-state index contributed by atoms with van der Waals surface area (Å²) in [6.07, 6.45) is 0. The van der Waals surface area contributed by atoms with Crippen LogP contribution in [-0.4, -0.2) is 40.7 Å². The molecule has 0 saturated carbocycles. The summed E-state index contributed by atoms with van der Waals surface area (Å²) in [5, 5.41) is 2.83. The number of benzene rings is 2. The smallest absolute Gasteiger partial charge is 0.257 e. The number of aryl methyl sites for hydroxylation is 1. The number of fused-ring (bicyclic) bond motifs is 2. The predicted molar refractivity (Wildman–Crippen MR) is 110 cm³/mol. The van der Waals surface area contributed by atoms with Gasteiger partial charge in [-0.2, -0.15) is 0 Å². The molecule has 4 aromatic rings. The molecule has 142 valence electrons. The van der Waals surface area contributed by atoms with Crippen LogP contribution in [0, 0.1) is 6.92 Å². The molecule has 0 aliphatic heterocycles. The molecule has 0 aliphatic rings. The van der Waals surface area contributed by atoms with E-state index in [1.165, 1.54) is 0 Å². The standard InChI is InChI=1S/C21H21N5O2/c1-13-7-9-14(10-8-13)26-19(22)17(21(27)23-11-12-28-2)18-20(26)25-16-6-4-3-5-15(16)24-18/h3-10H,11-12,22H2,1-2H3,(H,23,27). The molecule has 7 heteroatoms. The minimum atomic E-state index is -0.296. The van der Waals surface area contributed by atoms with Crippen molar-refractivity contribution >= 4 is 33.9 Å². The van der Waals surface area contributed by atoms with Gasteiger partial charge >= 0.3 is 0 Å². The zero-order chi connectivity index (χ0) is 19.7. The average molecular weight is 375 g/mol. The Morgan fingerprint density at radius 2 is 1.79 bits per heavy atom. The van der Waals surface area contributed by atoms with Gasteiger partial charge in [-0.25, -0.2) is 9.97 Å². The molecule has 0 fully saturated rings. The molecule has 0 aliphatic carbocycles. The average Bonchev–Trinajstić information content (AvgIpc) is 2.98. The van der Waals surface area contributed by atoms with Crippen molar-refractivity contribution in [2.45, 2.75) is 6.92 Å². The van der Waals surface area contributed by atoms with Crippen molar-refractivity contribution < 1.29 is 9.53 Å². The van der Waals surface area contributed by atoms with E-state index in [0.717, 1.165) is 16.8 Å². The minimum absolute atomic E-state index is 0.296. The van der Waals surface area contributed by atoms with Gasteiger partial charge in [-0.1, -0.05) is 29.8 Å². The number of para-hydroxylation sites is 2. The molecular weight excluding hydrogens is 354 g/mol. The van der Waals surface area contributed by atoms with E-state index in [9.17, 15) is 4.79 Å². The van der Waals surface area contributed by atoms with Gasteiger partial charge in [0.05, 0.1) is 17.6 Å². The van der Waals surface area contributed by atoms with Gasteiger partial charge in [-0.05, 0) is 31.2 Å². The lowest BCUT2D eigenvalue weighted by Crippen LogP contribution is -2.27. The van der Waals surface area contributed by atoms with E-state index in [4.69, 9.17) is 20.4 Å². The second kappa shape index (κ2) is 7.28. The molecule has 2 aromatic heterocycles. The zero-order valence-corrected chi connectivity index (χ0v) is 15.8. The molecule has 3 N–H and O–H groups in total. The number of carbonyl (C=O) groups excluding carboxylic acids is 1. The third-order valence-corrected chi connectivity index (χ3v) is 4.61. The highest BCUT2D eigenvalue weighted by atomic mass is 16.5. The number of nitrogens with one attached hydrogen (secondary N) is 1. The van der Waals surface area contributed by atoms with Crippen LogP contribution in [-0.2, 0) is 4.74 Å². The van der Waals surface area contributed by atoms with Crippen LogP contribution in [0.15, 0.2) is 48.5 Å². The van der Waals surface area contributed by atoms with E-state index in [2.05, 4.69) is 5.32 Å². The number of amides is 1. The first-order valence-electron chi connectivity index (χ1n) is 9.01. The first-order valence-corrected chi connectivity index (χ1v) is 9.01. The normalized spacial score (nSPS) is 11.2. The summed E-state index contributed by atoms with van der Waals surface area (Å²) in [6, 6.07) is 15.5. The van der Waals surface area contributed by atoms with E-state index < -0.39 is 0 Å². The van der Waals surface area contributed by atoms with Crippen LogP contribution < -0.4 is 11.1 Å². The van der Waals surface area contributed by atoms with E-state index in [-0.39, 0.29) is 5.91 Å². The maximum absolute atomic E-state index is 12.9. The summed E-state index contributed by atoms with van der Waals surface area (Å²) in [4.78, 5) is 22.3. The summed E-state index contributed by atoms with van der Waals surface area (Å²) >= 11 is 0. The summed E-state index contributed by atoms with van der Waals surface area (Å²) in [7, 11) is 1.58. The molecule has 0 spiro atoms. The Balaban J connectivity index is 1.97. The molecular formula is C21H21N5O2. The van der Waals surface area contributed by atoms with E-state index in [0.29, 0.717) is 41.2 Å². The molecule has 7 nitrogen and oxygen atoms in total. The van der Waals surface area contributed by atoms with Crippen molar-refractivity contribution in [1.82, 2.24) is 19.9 Å². The van der Waals surface area contributed by atoms with Gasteiger partial charge in [0, 0.05) is 19.3 Å². The van der Waals surface area contributed by atoms with E-state index in [1.807, 2.05) is 55.5 Å². The number of carbonyl (C=O) groups is 1. The SMILES string of the molecule is COCCNC(=O)c1c(N)n(-c2ccc(C)cc2)c2nc3ccccc3nc12. The summed E-state index contributed by atoms with van der Waals surface area (Å²) in [5.41, 5.74) is 11.2. The predicted octanol–water partition coefficient (Wildman–Crippen LogP) is 2.84. The summed E-state index contributed by atoms with van der Waals surface area (Å²) in [5.74, 6) is 0.0130. The highest BCUT2D eigenvalue weighted by Gasteiger charge is 2.24. The molecule has 0 unspecified atom stereocenters. The number of rotatable bonds is 5. The molecule has 2 aromatic carbocycles. The number of nitrogens with zero attached hydrogens (tertiary/aromatic N) is 3.